The lowest BCUT2D eigenvalue weighted by molar-refractivity contribution is 0.0855. The number of phenolic OH excluding ortho intramolecular Hbond substituents is 1. The Labute approximate surface area is 152 Å². The molecule has 0 radical (unpaired) electrons. The Kier molecular flexibility index (Phi) is 5.45. The Bertz CT molecular complexity index is 738. The molecule has 0 spiro atoms. The lowest BCUT2D eigenvalue weighted by Gasteiger charge is -2.20. The minimum Gasteiger partial charge on any atom is -0.508 e. The summed E-state index contributed by atoms with van der Waals surface area (Å²) in [5.74, 6) is 0.758. The lowest BCUT2D eigenvalue weighted by Crippen LogP contribution is -2.36. The normalized spacial score (nSPS) is 19.1. The van der Waals surface area contributed by atoms with Crippen molar-refractivity contribution < 1.29 is 15.0 Å². The number of rotatable bonds is 5. The first-order valence-electron chi connectivity index (χ1n) is 8.87. The molecule has 1 heterocycles. The Hall–Kier alpha value is -1.85. The molecule has 2 aromatic rings. The Morgan fingerprint density at radius 2 is 2.08 bits per heavy atom. The molecule has 4 nitrogen and oxygen atoms in total. The number of aliphatic hydroxyl groups is 1. The number of amides is 1. The Morgan fingerprint density at radius 1 is 1.36 bits per heavy atom. The monoisotopic (exact) mass is 359 g/mol. The highest BCUT2D eigenvalue weighted by atomic mass is 32.1. The molecule has 25 heavy (non-hydrogen) atoms. The smallest absolute Gasteiger partial charge is 0.261 e. The number of fused-ring (bicyclic) bond motifs is 1. The number of aliphatic hydroxyl groups excluding tert-OH is 1. The molecule has 3 atom stereocenters. The number of hydrogen-bond acceptors (Lipinski definition) is 4. The van der Waals surface area contributed by atoms with Crippen LogP contribution in [0.25, 0.3) is 0 Å². The third kappa shape index (κ3) is 4.05. The van der Waals surface area contributed by atoms with E-state index in [9.17, 15) is 15.0 Å². The van der Waals surface area contributed by atoms with Gasteiger partial charge >= 0.3 is 0 Å². The van der Waals surface area contributed by atoms with Crippen LogP contribution in [0.2, 0.25) is 0 Å². The van der Waals surface area contributed by atoms with Gasteiger partial charge in [0, 0.05) is 4.88 Å². The molecular formula is C20H25NO3S. The number of hydrogen-bond donors (Lipinski definition) is 3. The van der Waals surface area contributed by atoms with Crippen LogP contribution in [-0.2, 0) is 12.8 Å². The summed E-state index contributed by atoms with van der Waals surface area (Å²) in [6.45, 7) is 4.01. The molecule has 0 saturated heterocycles. The van der Waals surface area contributed by atoms with E-state index in [0.717, 1.165) is 23.6 Å². The van der Waals surface area contributed by atoms with Crippen LogP contribution in [0.5, 0.6) is 5.75 Å². The molecule has 1 aliphatic rings. The second kappa shape index (κ2) is 7.58. The molecule has 0 fully saturated rings. The van der Waals surface area contributed by atoms with Gasteiger partial charge < -0.3 is 15.5 Å². The maximum absolute atomic E-state index is 12.6. The Morgan fingerprint density at radius 3 is 2.76 bits per heavy atom. The average Bonchev–Trinajstić information content (AvgIpc) is 3.04. The molecule has 3 rings (SSSR count). The number of carbonyl (C=O) groups is 1. The van der Waals surface area contributed by atoms with E-state index in [1.165, 1.54) is 35.4 Å². The van der Waals surface area contributed by atoms with Crippen molar-refractivity contribution in [3.05, 3.63) is 51.2 Å². The number of thiophene rings is 1. The molecule has 0 bridgehead atoms. The number of nitrogens with one attached hydrogen (secondary N) is 1. The van der Waals surface area contributed by atoms with Crippen molar-refractivity contribution in [3.63, 3.8) is 0 Å². The fourth-order valence-electron chi connectivity index (χ4n) is 3.38. The fraction of sp³-hybridized carbons (Fsp3) is 0.450. The predicted octanol–water partition coefficient (Wildman–Crippen LogP) is 3.82. The van der Waals surface area contributed by atoms with Gasteiger partial charge in [0.05, 0.1) is 17.0 Å². The van der Waals surface area contributed by atoms with Crippen molar-refractivity contribution in [3.8, 4) is 5.75 Å². The summed E-state index contributed by atoms with van der Waals surface area (Å²) in [6, 6.07) is 8.00. The van der Waals surface area contributed by atoms with E-state index in [2.05, 4.69) is 12.2 Å². The van der Waals surface area contributed by atoms with Gasteiger partial charge in [-0.1, -0.05) is 25.5 Å². The topological polar surface area (TPSA) is 69.6 Å². The summed E-state index contributed by atoms with van der Waals surface area (Å²) >= 11 is 1.58. The van der Waals surface area contributed by atoms with Crippen LogP contribution in [-0.4, -0.2) is 22.2 Å². The van der Waals surface area contributed by atoms with Crippen LogP contribution in [0.4, 0.5) is 0 Å². The van der Waals surface area contributed by atoms with Crippen LogP contribution in [0.1, 0.15) is 58.5 Å². The first kappa shape index (κ1) is 18.0. The fourth-order valence-corrected chi connectivity index (χ4v) is 4.49. The molecule has 0 unspecified atom stereocenters. The Balaban J connectivity index is 1.66. The zero-order valence-corrected chi connectivity index (χ0v) is 15.5. The molecule has 1 amide bonds. The molecule has 0 saturated carbocycles. The second-order valence-electron chi connectivity index (χ2n) is 6.87. The minimum atomic E-state index is -0.816. The van der Waals surface area contributed by atoms with Crippen molar-refractivity contribution in [2.75, 3.05) is 0 Å². The van der Waals surface area contributed by atoms with E-state index in [0.29, 0.717) is 5.56 Å². The quantitative estimate of drug-likeness (QED) is 0.760. The van der Waals surface area contributed by atoms with Gasteiger partial charge in [0.2, 0.25) is 0 Å². The minimum absolute atomic E-state index is 0.127. The first-order chi connectivity index (χ1) is 12.0. The third-order valence-electron chi connectivity index (χ3n) is 5.05. The van der Waals surface area contributed by atoms with Crippen molar-refractivity contribution in [2.24, 2.45) is 5.92 Å². The van der Waals surface area contributed by atoms with Crippen molar-refractivity contribution >= 4 is 17.2 Å². The highest BCUT2D eigenvalue weighted by Gasteiger charge is 2.24. The van der Waals surface area contributed by atoms with E-state index >= 15 is 0 Å². The summed E-state index contributed by atoms with van der Waals surface area (Å²) in [4.78, 5) is 14.6. The lowest BCUT2D eigenvalue weighted by atomic mass is 9.87. The molecule has 1 aromatic carbocycles. The van der Waals surface area contributed by atoms with Crippen LogP contribution in [0.3, 0.4) is 0 Å². The maximum Gasteiger partial charge on any atom is 0.261 e. The van der Waals surface area contributed by atoms with Crippen molar-refractivity contribution in [1.29, 1.82) is 0 Å². The predicted molar refractivity (Wildman–Crippen MR) is 100 cm³/mol. The SMILES string of the molecule is CC[C@@H]1CCc2sc(C(=O)N[C@H](C)[C@@H](O)c3ccc(O)cc3)cc2C1. The summed E-state index contributed by atoms with van der Waals surface area (Å²) in [7, 11) is 0. The van der Waals surface area contributed by atoms with E-state index in [1.54, 1.807) is 30.4 Å². The summed E-state index contributed by atoms with van der Waals surface area (Å²) < 4.78 is 0. The molecule has 1 aromatic heterocycles. The van der Waals surface area contributed by atoms with Crippen LogP contribution in [0, 0.1) is 5.92 Å². The van der Waals surface area contributed by atoms with Crippen molar-refractivity contribution in [1.82, 2.24) is 5.32 Å². The van der Waals surface area contributed by atoms with Gasteiger partial charge in [-0.05, 0) is 61.4 Å². The molecule has 0 aliphatic heterocycles. The van der Waals surface area contributed by atoms with Crippen molar-refractivity contribution in [2.45, 2.75) is 51.7 Å². The number of benzene rings is 1. The van der Waals surface area contributed by atoms with E-state index in [1.807, 2.05) is 6.07 Å². The van der Waals surface area contributed by atoms with Gasteiger partial charge in [-0.2, -0.15) is 0 Å². The third-order valence-corrected chi connectivity index (χ3v) is 6.29. The molecule has 1 aliphatic carbocycles. The largest absolute Gasteiger partial charge is 0.508 e. The standard InChI is InChI=1S/C20H25NO3S/c1-3-13-4-9-17-15(10-13)11-18(25-17)20(24)21-12(2)19(23)14-5-7-16(22)8-6-14/h5-8,11-13,19,22-23H,3-4,9-10H2,1-2H3,(H,21,24)/t12-,13-,19-/m1/s1. The number of aryl methyl sites for hydroxylation is 1. The van der Waals surface area contributed by atoms with Crippen LogP contribution < -0.4 is 5.32 Å². The summed E-state index contributed by atoms with van der Waals surface area (Å²) in [5.41, 5.74) is 1.99. The first-order valence-corrected chi connectivity index (χ1v) is 9.69. The maximum atomic E-state index is 12.6. The van der Waals surface area contributed by atoms with E-state index < -0.39 is 12.1 Å². The molecule has 5 heteroatoms. The molecule has 3 N–H and O–H groups in total. The van der Waals surface area contributed by atoms with Gasteiger partial charge in [-0.25, -0.2) is 0 Å². The number of phenols is 1. The summed E-state index contributed by atoms with van der Waals surface area (Å²) in [5, 5.41) is 22.7. The zero-order chi connectivity index (χ0) is 18.0. The van der Waals surface area contributed by atoms with E-state index in [-0.39, 0.29) is 11.7 Å². The van der Waals surface area contributed by atoms with Crippen LogP contribution >= 0.6 is 11.3 Å². The molecular weight excluding hydrogens is 334 g/mol. The van der Waals surface area contributed by atoms with Gasteiger partial charge in [-0.15, -0.1) is 11.3 Å². The van der Waals surface area contributed by atoms with Gasteiger partial charge in [0.1, 0.15) is 5.75 Å². The van der Waals surface area contributed by atoms with Gasteiger partial charge in [-0.3, -0.25) is 4.79 Å². The second-order valence-corrected chi connectivity index (χ2v) is 8.01. The van der Waals surface area contributed by atoms with Crippen LogP contribution in [0.15, 0.2) is 30.3 Å². The van der Waals surface area contributed by atoms with E-state index in [4.69, 9.17) is 0 Å². The average molecular weight is 359 g/mol. The van der Waals surface area contributed by atoms with Gasteiger partial charge in [0.25, 0.3) is 5.91 Å². The number of aromatic hydroxyl groups is 1. The highest BCUT2D eigenvalue weighted by molar-refractivity contribution is 7.14. The highest BCUT2D eigenvalue weighted by Crippen LogP contribution is 2.33. The summed E-state index contributed by atoms with van der Waals surface area (Å²) in [6.07, 6.45) is 3.72. The zero-order valence-electron chi connectivity index (χ0n) is 14.7. The molecule has 134 valence electrons. The number of carbonyl (C=O) groups excluding carboxylic acids is 1. The van der Waals surface area contributed by atoms with Gasteiger partial charge in [0.15, 0.2) is 0 Å².